The van der Waals surface area contributed by atoms with Crippen LogP contribution < -0.4 is 19.5 Å². The summed E-state index contributed by atoms with van der Waals surface area (Å²) in [6, 6.07) is 7.56. The van der Waals surface area contributed by atoms with Crippen molar-refractivity contribution >= 4 is 23.3 Å². The van der Waals surface area contributed by atoms with Gasteiger partial charge in [0.15, 0.2) is 11.5 Å². The number of hydrogen-bond donors (Lipinski definition) is 2. The van der Waals surface area contributed by atoms with Crippen LogP contribution in [0.5, 0.6) is 17.2 Å². The van der Waals surface area contributed by atoms with Gasteiger partial charge in [-0.1, -0.05) is 0 Å². The molecule has 0 aliphatic carbocycles. The lowest BCUT2D eigenvalue weighted by Crippen LogP contribution is -2.43. The number of methoxy groups -OCH3 is 1. The van der Waals surface area contributed by atoms with Crippen molar-refractivity contribution in [2.75, 3.05) is 40.0 Å². The highest BCUT2D eigenvalue weighted by molar-refractivity contribution is 5.85. The number of nitrogens with zero attached hydrogens (tertiary/aromatic N) is 3. The van der Waals surface area contributed by atoms with Crippen LogP contribution in [0, 0.1) is 5.82 Å². The van der Waals surface area contributed by atoms with Crippen molar-refractivity contribution in [2.24, 2.45) is 0 Å². The fourth-order valence-corrected chi connectivity index (χ4v) is 4.62. The number of rotatable bonds is 7. The van der Waals surface area contributed by atoms with Gasteiger partial charge in [0, 0.05) is 36.1 Å². The van der Waals surface area contributed by atoms with Crippen LogP contribution in [0.3, 0.4) is 0 Å². The van der Waals surface area contributed by atoms with Gasteiger partial charge in [-0.05, 0) is 44.1 Å². The van der Waals surface area contributed by atoms with Crippen LogP contribution in [0.25, 0.3) is 10.9 Å². The van der Waals surface area contributed by atoms with Crippen molar-refractivity contribution in [1.29, 1.82) is 0 Å². The van der Waals surface area contributed by atoms with Crippen LogP contribution in [0.1, 0.15) is 30.2 Å². The molecule has 1 atom stereocenters. The van der Waals surface area contributed by atoms with Crippen molar-refractivity contribution in [1.82, 2.24) is 20.2 Å². The number of benzene rings is 1. The van der Waals surface area contributed by atoms with E-state index in [2.05, 4.69) is 20.2 Å². The van der Waals surface area contributed by atoms with Gasteiger partial charge in [0.2, 0.25) is 0 Å². The normalized spacial score (nSPS) is 17.1. The summed E-state index contributed by atoms with van der Waals surface area (Å²) >= 11 is 0. The predicted molar refractivity (Wildman–Crippen MR) is 132 cm³/mol. The zero-order valence-corrected chi connectivity index (χ0v) is 20.4. The molecule has 2 aliphatic rings. The molecule has 2 aliphatic heterocycles. The molecule has 3 aromatic rings. The lowest BCUT2D eigenvalue weighted by molar-refractivity contribution is 0.0925. The number of halogens is 2. The molecule has 10 heteroatoms. The van der Waals surface area contributed by atoms with Crippen molar-refractivity contribution in [2.45, 2.75) is 31.5 Å². The molecule has 35 heavy (non-hydrogen) atoms. The lowest BCUT2D eigenvalue weighted by atomic mass is 10.0. The maximum absolute atomic E-state index is 14.7. The Kier molecular flexibility index (Phi) is 8.22. The molecule has 0 unspecified atom stereocenters. The Balaban J connectivity index is 0.00000289. The van der Waals surface area contributed by atoms with Gasteiger partial charge in [-0.15, -0.1) is 12.4 Å². The molecule has 2 aromatic heterocycles. The molecule has 4 heterocycles. The Morgan fingerprint density at radius 1 is 1.14 bits per heavy atom. The van der Waals surface area contributed by atoms with Gasteiger partial charge in [-0.25, -0.2) is 4.39 Å². The second-order valence-corrected chi connectivity index (χ2v) is 8.69. The first kappa shape index (κ1) is 25.4. The van der Waals surface area contributed by atoms with Crippen molar-refractivity contribution in [3.05, 3.63) is 53.7 Å². The second-order valence-electron chi connectivity index (χ2n) is 8.69. The monoisotopic (exact) mass is 504 g/mol. The molecule has 2 N–H and O–H groups in total. The zero-order valence-electron chi connectivity index (χ0n) is 19.6. The number of fused-ring (bicyclic) bond motifs is 2. The van der Waals surface area contributed by atoms with E-state index >= 15 is 0 Å². The third kappa shape index (κ3) is 5.75. The van der Waals surface area contributed by atoms with Crippen LogP contribution in [0.15, 0.2) is 36.7 Å². The maximum Gasteiger partial charge on any atom is 0.179 e. The number of β-amino-alcohol motifs (C(OH)–C–C–N with tert-alkyl or cyclic N) is 1. The standard InChI is InChI=1S/C25H29FN4O4.ClH/c1-32-18-2-3-21-19(11-18)25(20(26)13-29-21)22(31)15-30-6-4-16(5-7-30)27-12-17-10-23-24(14-28-17)34-9-8-33-23;/h2-3,10-11,13-14,16,22,27,31H,4-9,12,15H2,1H3;1H/t22-;/m0./s1. The minimum absolute atomic E-state index is 0. The molecule has 0 amide bonds. The Labute approximate surface area is 209 Å². The first-order valence-electron chi connectivity index (χ1n) is 11.6. The summed E-state index contributed by atoms with van der Waals surface area (Å²) in [6.45, 7) is 3.76. The molecule has 8 nitrogen and oxygen atoms in total. The summed E-state index contributed by atoms with van der Waals surface area (Å²) in [4.78, 5) is 10.8. The van der Waals surface area contributed by atoms with E-state index in [0.29, 0.717) is 54.7 Å². The van der Waals surface area contributed by atoms with E-state index < -0.39 is 11.9 Å². The Hall–Kier alpha value is -2.72. The van der Waals surface area contributed by atoms with Crippen LogP contribution in [-0.2, 0) is 6.54 Å². The predicted octanol–water partition coefficient (Wildman–Crippen LogP) is 3.26. The smallest absolute Gasteiger partial charge is 0.179 e. The van der Waals surface area contributed by atoms with Crippen LogP contribution in [0.2, 0.25) is 0 Å². The molecule has 0 spiro atoms. The fourth-order valence-electron chi connectivity index (χ4n) is 4.62. The number of ether oxygens (including phenoxy) is 3. The molecular formula is C25H30ClFN4O4. The third-order valence-corrected chi connectivity index (χ3v) is 6.48. The summed E-state index contributed by atoms with van der Waals surface area (Å²) < 4.78 is 31.1. The first-order chi connectivity index (χ1) is 16.6. The van der Waals surface area contributed by atoms with E-state index in [0.717, 1.165) is 37.4 Å². The molecule has 0 bridgehead atoms. The maximum atomic E-state index is 14.7. The second kappa shape index (κ2) is 11.3. The van der Waals surface area contributed by atoms with E-state index in [4.69, 9.17) is 14.2 Å². The first-order valence-corrected chi connectivity index (χ1v) is 11.6. The number of hydrogen-bond acceptors (Lipinski definition) is 8. The van der Waals surface area contributed by atoms with E-state index in [-0.39, 0.29) is 18.0 Å². The van der Waals surface area contributed by atoms with Gasteiger partial charge in [0.05, 0.1) is 36.8 Å². The summed E-state index contributed by atoms with van der Waals surface area (Å²) in [5.41, 5.74) is 1.82. The number of aliphatic hydroxyl groups excluding tert-OH is 1. The zero-order chi connectivity index (χ0) is 23.5. The Morgan fingerprint density at radius 3 is 2.69 bits per heavy atom. The van der Waals surface area contributed by atoms with E-state index in [1.54, 1.807) is 31.5 Å². The minimum atomic E-state index is -0.955. The highest BCUT2D eigenvalue weighted by Crippen LogP contribution is 2.31. The van der Waals surface area contributed by atoms with Gasteiger partial charge >= 0.3 is 0 Å². The molecule has 1 saturated heterocycles. The van der Waals surface area contributed by atoms with Gasteiger partial charge in [-0.2, -0.15) is 0 Å². The number of pyridine rings is 2. The van der Waals surface area contributed by atoms with Gasteiger partial charge in [0.25, 0.3) is 0 Å². The topological polar surface area (TPSA) is 89.0 Å². The molecular weight excluding hydrogens is 475 g/mol. The largest absolute Gasteiger partial charge is 0.497 e. The summed E-state index contributed by atoms with van der Waals surface area (Å²) in [5, 5.41) is 15.1. The third-order valence-electron chi connectivity index (χ3n) is 6.48. The molecule has 1 aromatic carbocycles. The van der Waals surface area contributed by atoms with E-state index in [1.165, 1.54) is 6.20 Å². The molecule has 1 fully saturated rings. The van der Waals surface area contributed by atoms with Gasteiger partial charge < -0.3 is 29.5 Å². The fraction of sp³-hybridized carbons (Fsp3) is 0.440. The quantitative estimate of drug-likeness (QED) is 0.507. The van der Waals surface area contributed by atoms with Crippen molar-refractivity contribution < 1.29 is 23.7 Å². The van der Waals surface area contributed by atoms with E-state index in [1.807, 2.05) is 6.07 Å². The SMILES string of the molecule is COc1ccc2ncc(F)c([C@@H](O)CN3CCC(NCc4cc5c(cn4)OCCO5)CC3)c2c1.Cl. The van der Waals surface area contributed by atoms with Crippen molar-refractivity contribution in [3.8, 4) is 17.2 Å². The van der Waals surface area contributed by atoms with E-state index in [9.17, 15) is 9.50 Å². The molecule has 0 radical (unpaired) electrons. The Morgan fingerprint density at radius 2 is 1.91 bits per heavy atom. The average molecular weight is 505 g/mol. The van der Waals surface area contributed by atoms with Crippen LogP contribution >= 0.6 is 12.4 Å². The number of nitrogens with one attached hydrogen (secondary N) is 1. The summed E-state index contributed by atoms with van der Waals surface area (Å²) in [5.74, 6) is 1.54. The number of likely N-dealkylation sites (tertiary alicyclic amines) is 1. The summed E-state index contributed by atoms with van der Waals surface area (Å²) in [6.07, 6.45) is 3.81. The van der Waals surface area contributed by atoms with Gasteiger partial charge in [-0.3, -0.25) is 9.97 Å². The van der Waals surface area contributed by atoms with Crippen LogP contribution in [0.4, 0.5) is 4.39 Å². The average Bonchev–Trinajstić information content (AvgIpc) is 2.87. The number of piperidine rings is 1. The minimum Gasteiger partial charge on any atom is -0.497 e. The highest BCUT2D eigenvalue weighted by Gasteiger charge is 2.24. The number of aliphatic hydroxyl groups is 1. The molecule has 5 rings (SSSR count). The van der Waals surface area contributed by atoms with Gasteiger partial charge in [0.1, 0.15) is 24.8 Å². The highest BCUT2D eigenvalue weighted by atomic mass is 35.5. The lowest BCUT2D eigenvalue weighted by Gasteiger charge is -2.33. The number of aromatic nitrogens is 2. The summed E-state index contributed by atoms with van der Waals surface area (Å²) in [7, 11) is 1.56. The Bertz CT molecular complexity index is 1160. The van der Waals surface area contributed by atoms with Crippen LogP contribution in [-0.4, -0.2) is 66.0 Å². The molecule has 188 valence electrons. The van der Waals surface area contributed by atoms with Crippen molar-refractivity contribution in [3.63, 3.8) is 0 Å². The molecule has 0 saturated carbocycles.